The Bertz CT molecular complexity index is 666. The number of aromatic nitrogens is 1. The number of rotatable bonds is 11. The average molecular weight is 498 g/mol. The number of methoxy groups -OCH3 is 1. The third-order valence-electron chi connectivity index (χ3n) is 3.97. The number of ether oxygens (including phenoxy) is 2. The van der Waals surface area contributed by atoms with Gasteiger partial charge in [-0.2, -0.15) is 0 Å². The molecule has 0 atom stereocenters. The summed E-state index contributed by atoms with van der Waals surface area (Å²) >= 11 is 0. The lowest BCUT2D eigenvalue weighted by Gasteiger charge is -2.13. The van der Waals surface area contributed by atoms with E-state index < -0.39 is 0 Å². The Balaban J connectivity index is 0.00000392. The number of nitrogens with one attached hydrogen (secondary N) is 2. The molecule has 0 aliphatic rings. The van der Waals surface area contributed by atoms with Gasteiger partial charge in [0.05, 0.1) is 13.7 Å². The first kappa shape index (κ1) is 24.2. The first-order chi connectivity index (χ1) is 13.3. The highest BCUT2D eigenvalue weighted by atomic mass is 127. The molecule has 0 aliphatic heterocycles. The van der Waals surface area contributed by atoms with Crippen LogP contribution in [-0.2, 0) is 17.7 Å². The van der Waals surface area contributed by atoms with Gasteiger partial charge in [0.2, 0.25) is 0 Å². The monoisotopic (exact) mass is 498 g/mol. The van der Waals surface area contributed by atoms with Gasteiger partial charge in [0.1, 0.15) is 5.75 Å². The molecule has 0 radical (unpaired) electrons. The molecule has 0 unspecified atom stereocenters. The second-order valence-corrected chi connectivity index (χ2v) is 6.03. The van der Waals surface area contributed by atoms with E-state index in [1.165, 1.54) is 5.56 Å². The van der Waals surface area contributed by atoms with Crippen LogP contribution in [0.4, 0.5) is 0 Å². The Hall–Kier alpha value is -1.87. The van der Waals surface area contributed by atoms with Gasteiger partial charge in [-0.25, -0.2) is 4.99 Å². The van der Waals surface area contributed by atoms with Crippen molar-refractivity contribution in [3.8, 4) is 5.75 Å². The van der Waals surface area contributed by atoms with E-state index in [0.717, 1.165) is 56.4 Å². The van der Waals surface area contributed by atoms with Crippen molar-refractivity contribution < 1.29 is 9.47 Å². The van der Waals surface area contributed by atoms with Crippen LogP contribution in [-0.4, -0.2) is 44.4 Å². The number of pyridine rings is 1. The molecule has 2 N–H and O–H groups in total. The van der Waals surface area contributed by atoms with Gasteiger partial charge in [0.25, 0.3) is 0 Å². The third-order valence-corrected chi connectivity index (χ3v) is 3.97. The van der Waals surface area contributed by atoms with Crippen molar-refractivity contribution in [1.29, 1.82) is 0 Å². The van der Waals surface area contributed by atoms with Gasteiger partial charge < -0.3 is 20.1 Å². The highest BCUT2D eigenvalue weighted by Crippen LogP contribution is 2.11. The molecule has 0 aliphatic carbocycles. The van der Waals surface area contributed by atoms with Crippen molar-refractivity contribution in [3.05, 3.63) is 59.9 Å². The zero-order chi connectivity index (χ0) is 19.2. The molecule has 154 valence electrons. The molecule has 1 aromatic carbocycles. The summed E-state index contributed by atoms with van der Waals surface area (Å²) in [6.07, 6.45) is 5.53. The zero-order valence-electron chi connectivity index (χ0n) is 16.7. The first-order valence-corrected chi connectivity index (χ1v) is 9.43. The summed E-state index contributed by atoms with van der Waals surface area (Å²) in [7, 11) is 1.67. The van der Waals surface area contributed by atoms with E-state index in [4.69, 9.17) is 14.5 Å². The topological polar surface area (TPSA) is 67.8 Å². The Labute approximate surface area is 185 Å². The van der Waals surface area contributed by atoms with Crippen molar-refractivity contribution in [2.24, 2.45) is 4.99 Å². The van der Waals surface area contributed by atoms with Crippen LogP contribution in [0.25, 0.3) is 0 Å². The summed E-state index contributed by atoms with van der Waals surface area (Å²) < 4.78 is 10.6. The Morgan fingerprint density at radius 3 is 2.54 bits per heavy atom. The van der Waals surface area contributed by atoms with E-state index in [1.807, 2.05) is 43.5 Å². The van der Waals surface area contributed by atoms with Gasteiger partial charge in [-0.1, -0.05) is 18.2 Å². The lowest BCUT2D eigenvalue weighted by Crippen LogP contribution is -2.39. The van der Waals surface area contributed by atoms with Crippen LogP contribution in [0.1, 0.15) is 24.5 Å². The zero-order valence-corrected chi connectivity index (χ0v) is 19.0. The maximum Gasteiger partial charge on any atom is 0.191 e. The smallest absolute Gasteiger partial charge is 0.191 e. The fourth-order valence-electron chi connectivity index (χ4n) is 2.47. The minimum absolute atomic E-state index is 0. The predicted octanol–water partition coefficient (Wildman–Crippen LogP) is 3.41. The number of benzene rings is 1. The molecule has 6 nitrogen and oxygen atoms in total. The Kier molecular flexibility index (Phi) is 13.0. The standard InChI is InChI=1S/C21H30N4O2.HI/c1-3-27-15-5-13-23-21(24-14-11-18-6-4-12-22-16-18)25-17-19-7-9-20(26-2)10-8-19;/h4,6-10,12,16H,3,5,11,13-15,17H2,1-2H3,(H2,23,24,25);1H. The highest BCUT2D eigenvalue weighted by Gasteiger charge is 2.00. The van der Waals surface area contributed by atoms with Gasteiger partial charge in [-0.3, -0.25) is 4.98 Å². The number of aliphatic imine (C=N–C) groups is 1. The Morgan fingerprint density at radius 2 is 1.86 bits per heavy atom. The van der Waals surface area contributed by atoms with E-state index in [1.54, 1.807) is 13.3 Å². The fraction of sp³-hybridized carbons (Fsp3) is 0.429. The minimum atomic E-state index is 0. The van der Waals surface area contributed by atoms with Crippen LogP contribution in [0.5, 0.6) is 5.75 Å². The molecule has 0 amide bonds. The van der Waals surface area contributed by atoms with E-state index >= 15 is 0 Å². The second kappa shape index (κ2) is 15.1. The van der Waals surface area contributed by atoms with Gasteiger partial charge in [0, 0.05) is 38.7 Å². The van der Waals surface area contributed by atoms with Gasteiger partial charge in [0.15, 0.2) is 5.96 Å². The van der Waals surface area contributed by atoms with Gasteiger partial charge in [-0.15, -0.1) is 24.0 Å². The summed E-state index contributed by atoms with van der Waals surface area (Å²) in [5.41, 5.74) is 2.34. The van der Waals surface area contributed by atoms with Crippen LogP contribution in [0.2, 0.25) is 0 Å². The Morgan fingerprint density at radius 1 is 1.07 bits per heavy atom. The van der Waals surface area contributed by atoms with Crippen molar-refractivity contribution in [2.45, 2.75) is 26.3 Å². The number of hydrogen-bond donors (Lipinski definition) is 2. The van der Waals surface area contributed by atoms with Gasteiger partial charge >= 0.3 is 0 Å². The molecule has 7 heteroatoms. The third kappa shape index (κ3) is 9.89. The SMILES string of the molecule is CCOCCCNC(=NCc1ccc(OC)cc1)NCCc1cccnc1.I. The van der Waals surface area contributed by atoms with Crippen LogP contribution in [0, 0.1) is 0 Å². The van der Waals surface area contributed by atoms with Crippen molar-refractivity contribution >= 4 is 29.9 Å². The number of halogens is 1. The van der Waals surface area contributed by atoms with Crippen LogP contribution >= 0.6 is 24.0 Å². The van der Waals surface area contributed by atoms with E-state index in [2.05, 4.69) is 21.7 Å². The summed E-state index contributed by atoms with van der Waals surface area (Å²) in [5, 5.41) is 6.77. The van der Waals surface area contributed by atoms with Crippen molar-refractivity contribution in [2.75, 3.05) is 33.4 Å². The molecule has 2 rings (SSSR count). The lowest BCUT2D eigenvalue weighted by molar-refractivity contribution is 0.145. The maximum absolute atomic E-state index is 5.39. The lowest BCUT2D eigenvalue weighted by atomic mass is 10.2. The minimum Gasteiger partial charge on any atom is -0.497 e. The average Bonchev–Trinajstić information content (AvgIpc) is 2.72. The molecule has 1 heterocycles. The fourth-order valence-corrected chi connectivity index (χ4v) is 2.47. The molecule has 0 saturated carbocycles. The van der Waals surface area contributed by atoms with E-state index in [9.17, 15) is 0 Å². The van der Waals surface area contributed by atoms with Crippen molar-refractivity contribution in [3.63, 3.8) is 0 Å². The summed E-state index contributed by atoms with van der Waals surface area (Å²) in [5.74, 6) is 1.66. The first-order valence-electron chi connectivity index (χ1n) is 9.43. The number of hydrogen-bond acceptors (Lipinski definition) is 4. The van der Waals surface area contributed by atoms with Crippen LogP contribution in [0.3, 0.4) is 0 Å². The van der Waals surface area contributed by atoms with Crippen LogP contribution < -0.4 is 15.4 Å². The molecule has 28 heavy (non-hydrogen) atoms. The summed E-state index contributed by atoms with van der Waals surface area (Å²) in [6.45, 7) is 5.74. The molecule has 0 spiro atoms. The summed E-state index contributed by atoms with van der Waals surface area (Å²) in [6, 6.07) is 12.0. The normalized spacial score (nSPS) is 10.9. The number of nitrogens with zero attached hydrogens (tertiary/aromatic N) is 2. The van der Waals surface area contributed by atoms with Crippen LogP contribution in [0.15, 0.2) is 53.8 Å². The molecular weight excluding hydrogens is 467 g/mol. The molecule has 2 aromatic rings. The second-order valence-electron chi connectivity index (χ2n) is 6.03. The van der Waals surface area contributed by atoms with Gasteiger partial charge in [-0.05, 0) is 49.1 Å². The summed E-state index contributed by atoms with van der Waals surface area (Å²) in [4.78, 5) is 8.85. The maximum atomic E-state index is 5.39. The van der Waals surface area contributed by atoms with E-state index in [-0.39, 0.29) is 24.0 Å². The largest absolute Gasteiger partial charge is 0.497 e. The van der Waals surface area contributed by atoms with E-state index in [0.29, 0.717) is 6.54 Å². The predicted molar refractivity (Wildman–Crippen MR) is 125 cm³/mol. The molecule has 0 bridgehead atoms. The molecular formula is C21H31IN4O2. The molecule has 0 fully saturated rings. The quantitative estimate of drug-likeness (QED) is 0.215. The van der Waals surface area contributed by atoms with Crippen molar-refractivity contribution in [1.82, 2.24) is 15.6 Å². The molecule has 0 saturated heterocycles. The number of guanidine groups is 1. The highest BCUT2D eigenvalue weighted by molar-refractivity contribution is 14.0. The molecule has 1 aromatic heterocycles.